The van der Waals surface area contributed by atoms with E-state index in [1.807, 2.05) is 24.3 Å². The number of nitrogens with zero attached hydrogens (tertiary/aromatic N) is 2. The first-order valence-electron chi connectivity index (χ1n) is 8.30. The SMILES string of the molecule is Oc1c([C@@H](c2ccc(F)cc2)N2CCCC2)ccc2cccnc12. The van der Waals surface area contributed by atoms with Crippen molar-refractivity contribution in [3.05, 3.63) is 71.7 Å². The number of fused-ring (bicyclic) bond motifs is 1. The van der Waals surface area contributed by atoms with E-state index in [1.54, 1.807) is 18.3 Å². The van der Waals surface area contributed by atoms with Gasteiger partial charge in [0.15, 0.2) is 0 Å². The van der Waals surface area contributed by atoms with Crippen molar-refractivity contribution >= 4 is 10.9 Å². The fourth-order valence-corrected chi connectivity index (χ4v) is 3.60. The molecule has 2 aromatic carbocycles. The van der Waals surface area contributed by atoms with Crippen LogP contribution in [0.1, 0.15) is 30.0 Å². The van der Waals surface area contributed by atoms with Crippen molar-refractivity contribution < 1.29 is 9.50 Å². The summed E-state index contributed by atoms with van der Waals surface area (Å²) in [5.41, 5.74) is 2.43. The minimum Gasteiger partial charge on any atom is -0.505 e. The number of rotatable bonds is 3. The Morgan fingerprint density at radius 1 is 1.00 bits per heavy atom. The molecule has 4 heteroatoms. The Morgan fingerprint density at radius 2 is 1.75 bits per heavy atom. The van der Waals surface area contributed by atoms with E-state index in [9.17, 15) is 9.50 Å². The Morgan fingerprint density at radius 3 is 2.50 bits per heavy atom. The summed E-state index contributed by atoms with van der Waals surface area (Å²) in [4.78, 5) is 6.67. The molecule has 4 rings (SSSR count). The Kier molecular flexibility index (Phi) is 3.90. The Hall–Kier alpha value is -2.46. The quantitative estimate of drug-likeness (QED) is 0.782. The highest BCUT2D eigenvalue weighted by molar-refractivity contribution is 5.85. The fraction of sp³-hybridized carbons (Fsp3) is 0.250. The molecule has 1 atom stereocenters. The van der Waals surface area contributed by atoms with Crippen molar-refractivity contribution in [1.29, 1.82) is 0 Å². The van der Waals surface area contributed by atoms with Crippen LogP contribution >= 0.6 is 0 Å². The normalized spacial score (nSPS) is 16.5. The smallest absolute Gasteiger partial charge is 0.146 e. The first-order valence-corrected chi connectivity index (χ1v) is 8.30. The number of aromatic nitrogens is 1. The zero-order valence-electron chi connectivity index (χ0n) is 13.3. The highest BCUT2D eigenvalue weighted by Crippen LogP contribution is 2.39. The van der Waals surface area contributed by atoms with Crippen LogP contribution in [0.3, 0.4) is 0 Å². The minimum absolute atomic E-state index is 0.0838. The summed E-state index contributed by atoms with van der Waals surface area (Å²) in [6, 6.07) is 14.2. The van der Waals surface area contributed by atoms with Gasteiger partial charge in [0.25, 0.3) is 0 Å². The largest absolute Gasteiger partial charge is 0.505 e. The second kappa shape index (κ2) is 6.21. The average Bonchev–Trinajstić information content (AvgIpc) is 3.13. The summed E-state index contributed by atoms with van der Waals surface area (Å²) in [6.07, 6.45) is 3.98. The lowest BCUT2D eigenvalue weighted by Gasteiger charge is -2.29. The number of hydrogen-bond acceptors (Lipinski definition) is 3. The van der Waals surface area contributed by atoms with Crippen molar-refractivity contribution in [3.63, 3.8) is 0 Å². The number of hydrogen-bond donors (Lipinski definition) is 1. The summed E-state index contributed by atoms with van der Waals surface area (Å²) >= 11 is 0. The van der Waals surface area contributed by atoms with Crippen molar-refractivity contribution in [2.24, 2.45) is 0 Å². The van der Waals surface area contributed by atoms with Gasteiger partial charge in [-0.1, -0.05) is 30.3 Å². The molecule has 24 heavy (non-hydrogen) atoms. The van der Waals surface area contributed by atoms with Crippen LogP contribution in [-0.2, 0) is 0 Å². The number of aromatic hydroxyl groups is 1. The predicted molar refractivity (Wildman–Crippen MR) is 92.5 cm³/mol. The van der Waals surface area contributed by atoms with Gasteiger partial charge in [-0.05, 0) is 49.7 Å². The molecule has 2 heterocycles. The maximum atomic E-state index is 13.3. The first kappa shape index (κ1) is 15.1. The standard InChI is InChI=1S/C20H19FN2O/c21-16-8-5-15(6-9-16)19(23-12-1-2-13-23)17-10-7-14-4-3-11-22-18(14)20(17)24/h3-11,19,24H,1-2,12-13H2/t19-/m1/s1. The van der Waals surface area contributed by atoms with Crippen LogP contribution in [0.4, 0.5) is 4.39 Å². The third-order valence-corrected chi connectivity index (χ3v) is 4.77. The van der Waals surface area contributed by atoms with Gasteiger partial charge in [-0.25, -0.2) is 4.39 Å². The van der Waals surface area contributed by atoms with E-state index in [-0.39, 0.29) is 17.6 Å². The van der Waals surface area contributed by atoms with Crippen LogP contribution < -0.4 is 0 Å². The molecule has 1 aliphatic heterocycles. The Balaban J connectivity index is 1.86. The molecule has 1 saturated heterocycles. The molecule has 1 aliphatic rings. The van der Waals surface area contributed by atoms with Crippen molar-refractivity contribution in [3.8, 4) is 5.75 Å². The van der Waals surface area contributed by atoms with Crippen LogP contribution in [0.25, 0.3) is 10.9 Å². The molecule has 1 aromatic heterocycles. The molecule has 0 amide bonds. The van der Waals surface area contributed by atoms with Gasteiger partial charge >= 0.3 is 0 Å². The van der Waals surface area contributed by atoms with Gasteiger partial charge in [0.2, 0.25) is 0 Å². The highest BCUT2D eigenvalue weighted by Gasteiger charge is 2.28. The van der Waals surface area contributed by atoms with Crippen molar-refractivity contribution in [1.82, 2.24) is 9.88 Å². The van der Waals surface area contributed by atoms with Crippen LogP contribution in [0.5, 0.6) is 5.75 Å². The van der Waals surface area contributed by atoms with Gasteiger partial charge in [0.1, 0.15) is 17.1 Å². The van der Waals surface area contributed by atoms with Gasteiger partial charge in [0, 0.05) is 17.1 Å². The summed E-state index contributed by atoms with van der Waals surface area (Å²) in [7, 11) is 0. The second-order valence-electron chi connectivity index (χ2n) is 6.28. The predicted octanol–water partition coefficient (Wildman–Crippen LogP) is 4.26. The number of benzene rings is 2. The van der Waals surface area contributed by atoms with Gasteiger partial charge in [-0.3, -0.25) is 9.88 Å². The van der Waals surface area contributed by atoms with E-state index >= 15 is 0 Å². The maximum Gasteiger partial charge on any atom is 0.146 e. The summed E-state index contributed by atoms with van der Waals surface area (Å²) < 4.78 is 13.3. The maximum absolute atomic E-state index is 13.3. The van der Waals surface area contributed by atoms with Gasteiger partial charge in [-0.2, -0.15) is 0 Å². The van der Waals surface area contributed by atoms with Crippen molar-refractivity contribution in [2.75, 3.05) is 13.1 Å². The zero-order valence-corrected chi connectivity index (χ0v) is 13.3. The molecule has 0 bridgehead atoms. The first-order chi connectivity index (χ1) is 11.7. The van der Waals surface area contributed by atoms with Gasteiger partial charge in [0.05, 0.1) is 6.04 Å². The lowest BCUT2D eigenvalue weighted by atomic mass is 9.95. The number of phenols is 1. The number of halogens is 1. The minimum atomic E-state index is -0.247. The van der Waals surface area contributed by atoms with Gasteiger partial charge in [-0.15, -0.1) is 0 Å². The molecule has 3 nitrogen and oxygen atoms in total. The summed E-state index contributed by atoms with van der Waals surface area (Å²) in [6.45, 7) is 1.95. The summed E-state index contributed by atoms with van der Waals surface area (Å²) in [5, 5.41) is 11.7. The van der Waals surface area contributed by atoms with Crippen LogP contribution in [-0.4, -0.2) is 28.1 Å². The summed E-state index contributed by atoms with van der Waals surface area (Å²) in [5.74, 6) is -0.0300. The Bertz CT molecular complexity index is 857. The molecule has 1 fully saturated rings. The second-order valence-corrected chi connectivity index (χ2v) is 6.28. The van der Waals surface area contributed by atoms with Crippen LogP contribution in [0, 0.1) is 5.82 Å². The van der Waals surface area contributed by atoms with E-state index < -0.39 is 0 Å². The molecule has 1 N–H and O–H groups in total. The molecule has 3 aromatic rings. The van der Waals surface area contributed by atoms with Crippen LogP contribution in [0.15, 0.2) is 54.7 Å². The van der Waals surface area contributed by atoms with E-state index in [0.717, 1.165) is 42.4 Å². The average molecular weight is 322 g/mol. The van der Waals surface area contributed by atoms with E-state index in [2.05, 4.69) is 9.88 Å². The molecule has 122 valence electrons. The fourth-order valence-electron chi connectivity index (χ4n) is 3.60. The van der Waals surface area contributed by atoms with E-state index in [4.69, 9.17) is 0 Å². The molecule has 0 saturated carbocycles. The topological polar surface area (TPSA) is 36.4 Å². The zero-order chi connectivity index (χ0) is 16.5. The molecular formula is C20H19FN2O. The van der Waals surface area contributed by atoms with Gasteiger partial charge < -0.3 is 5.11 Å². The third-order valence-electron chi connectivity index (χ3n) is 4.77. The number of phenolic OH excluding ortho intramolecular Hbond substituents is 1. The molecule has 0 radical (unpaired) electrons. The highest BCUT2D eigenvalue weighted by atomic mass is 19.1. The molecule has 0 spiro atoms. The van der Waals surface area contributed by atoms with Crippen molar-refractivity contribution in [2.45, 2.75) is 18.9 Å². The molecule has 0 aliphatic carbocycles. The molecule has 0 unspecified atom stereocenters. The van der Waals surface area contributed by atoms with Crippen LogP contribution in [0.2, 0.25) is 0 Å². The van der Waals surface area contributed by atoms with E-state index in [0.29, 0.717) is 5.52 Å². The molecular weight excluding hydrogens is 303 g/mol. The third kappa shape index (κ3) is 2.63. The lowest BCUT2D eigenvalue weighted by molar-refractivity contribution is 0.275. The number of pyridine rings is 1. The Labute approximate surface area is 140 Å². The lowest BCUT2D eigenvalue weighted by Crippen LogP contribution is -2.26. The van der Waals surface area contributed by atoms with E-state index in [1.165, 1.54) is 12.1 Å². The monoisotopic (exact) mass is 322 g/mol. The number of likely N-dealkylation sites (tertiary alicyclic amines) is 1.